The van der Waals surface area contributed by atoms with Crippen LogP contribution in [0, 0.1) is 5.82 Å². The number of anilines is 1. The Morgan fingerprint density at radius 3 is 2.22 bits per heavy atom. The van der Waals surface area contributed by atoms with Gasteiger partial charge in [0.1, 0.15) is 17.2 Å². The Kier molecular flexibility index (Phi) is 7.48. The monoisotopic (exact) mass is 578 g/mol. The third kappa shape index (κ3) is 5.13. The average Bonchev–Trinajstić information content (AvgIpc) is 3.41. The molecule has 1 aliphatic rings. The summed E-state index contributed by atoms with van der Waals surface area (Å²) in [5, 5.41) is 3.14. The van der Waals surface area contributed by atoms with Gasteiger partial charge in [0.05, 0.1) is 22.5 Å². The van der Waals surface area contributed by atoms with Crippen LogP contribution in [0.2, 0.25) is 0 Å². The van der Waals surface area contributed by atoms with Crippen molar-refractivity contribution in [1.82, 2.24) is 5.32 Å². The molecule has 0 spiro atoms. The van der Waals surface area contributed by atoms with Crippen LogP contribution in [-0.2, 0) is 20.2 Å². The second-order valence-corrected chi connectivity index (χ2v) is 11.9. The molecule has 0 bridgehead atoms. The van der Waals surface area contributed by atoms with Gasteiger partial charge in [-0.15, -0.1) is 0 Å². The molecular formula is C30H32BFN2O6S. The van der Waals surface area contributed by atoms with Gasteiger partial charge in [-0.05, 0) is 76.0 Å². The molecule has 1 saturated heterocycles. The maximum Gasteiger partial charge on any atom is 0.494 e. The number of rotatable bonds is 7. The van der Waals surface area contributed by atoms with Gasteiger partial charge in [-0.2, -0.15) is 0 Å². The van der Waals surface area contributed by atoms with Crippen molar-refractivity contribution in [1.29, 1.82) is 0 Å². The largest absolute Gasteiger partial charge is 0.494 e. The maximum absolute atomic E-state index is 13.7. The highest BCUT2D eigenvalue weighted by molar-refractivity contribution is 7.74. The fourth-order valence-corrected chi connectivity index (χ4v) is 5.51. The second kappa shape index (κ2) is 10.6. The van der Waals surface area contributed by atoms with Crippen LogP contribution in [0.5, 0.6) is 0 Å². The normalized spacial score (nSPS) is 16.0. The summed E-state index contributed by atoms with van der Waals surface area (Å²) in [5.74, 6) is -0.561. The van der Waals surface area contributed by atoms with E-state index in [0.29, 0.717) is 33.3 Å². The lowest BCUT2D eigenvalue weighted by atomic mass is 9.78. The van der Waals surface area contributed by atoms with Crippen LogP contribution in [0.15, 0.2) is 65.1 Å². The molecule has 0 unspecified atom stereocenters. The Balaban J connectivity index is 1.74. The highest BCUT2D eigenvalue weighted by Crippen LogP contribution is 2.41. The Morgan fingerprint density at radius 2 is 1.63 bits per heavy atom. The van der Waals surface area contributed by atoms with Gasteiger partial charge in [0.15, 0.2) is 0 Å². The summed E-state index contributed by atoms with van der Waals surface area (Å²) >= 11 is 0. The number of carbonyl (C=O) groups is 1. The summed E-state index contributed by atoms with van der Waals surface area (Å²) < 4.78 is 58.3. The number of benzene rings is 3. The van der Waals surface area contributed by atoms with Crippen LogP contribution in [0.1, 0.15) is 45.0 Å². The zero-order valence-electron chi connectivity index (χ0n) is 23.8. The number of thiol groups is 1. The molecule has 3 aromatic carbocycles. The van der Waals surface area contributed by atoms with Crippen molar-refractivity contribution in [3.63, 3.8) is 0 Å². The van der Waals surface area contributed by atoms with E-state index in [1.807, 2.05) is 52.0 Å². The quantitative estimate of drug-likeness (QED) is 0.239. The van der Waals surface area contributed by atoms with Crippen molar-refractivity contribution in [2.75, 3.05) is 17.9 Å². The van der Waals surface area contributed by atoms with Gasteiger partial charge in [-0.1, -0.05) is 24.3 Å². The highest BCUT2D eigenvalue weighted by Gasteiger charge is 2.51. The summed E-state index contributed by atoms with van der Waals surface area (Å²) in [6, 6.07) is 16.5. The predicted molar refractivity (Wildman–Crippen MR) is 159 cm³/mol. The molecule has 8 nitrogen and oxygen atoms in total. The summed E-state index contributed by atoms with van der Waals surface area (Å²) in [6.45, 7) is 9.83. The van der Waals surface area contributed by atoms with Crippen LogP contribution < -0.4 is 15.1 Å². The smallest absolute Gasteiger partial charge is 0.455 e. The number of carbonyl (C=O) groups excluding carboxylic acids is 1. The molecule has 1 N–H and O–H groups in total. The fraction of sp³-hybridized carbons (Fsp3) is 0.300. The van der Waals surface area contributed by atoms with Gasteiger partial charge >= 0.3 is 7.12 Å². The maximum atomic E-state index is 13.7. The van der Waals surface area contributed by atoms with E-state index >= 15 is 0 Å². The molecule has 214 valence electrons. The average molecular weight is 578 g/mol. The number of nitrogens with zero attached hydrogens (tertiary/aromatic N) is 1. The zero-order chi connectivity index (χ0) is 29.7. The molecular weight excluding hydrogens is 546 g/mol. The molecule has 5 rings (SSSR count). The molecule has 1 aliphatic heterocycles. The lowest BCUT2D eigenvalue weighted by Gasteiger charge is -2.32. The van der Waals surface area contributed by atoms with Crippen LogP contribution >= 0.6 is 0 Å². The summed E-state index contributed by atoms with van der Waals surface area (Å²) in [7, 11) is -2.09. The van der Waals surface area contributed by atoms with E-state index < -0.39 is 40.9 Å². The predicted octanol–water partition coefficient (Wildman–Crippen LogP) is 4.92. The van der Waals surface area contributed by atoms with Gasteiger partial charge in [0, 0.05) is 36.2 Å². The third-order valence-corrected chi connectivity index (χ3v) is 8.76. The molecule has 4 aromatic rings. The van der Waals surface area contributed by atoms with Gasteiger partial charge in [0.25, 0.3) is 5.91 Å². The number of amides is 1. The van der Waals surface area contributed by atoms with Gasteiger partial charge in [0.2, 0.25) is 10.9 Å². The molecule has 2 heterocycles. The van der Waals surface area contributed by atoms with E-state index in [0.717, 1.165) is 5.46 Å². The van der Waals surface area contributed by atoms with E-state index in [9.17, 15) is 17.6 Å². The molecule has 0 atom stereocenters. The number of nitrogens with one attached hydrogen (secondary N) is 1. The molecule has 41 heavy (non-hydrogen) atoms. The summed E-state index contributed by atoms with van der Waals surface area (Å²) in [6.07, 6.45) is 0. The Bertz CT molecular complexity index is 1690. The van der Waals surface area contributed by atoms with Gasteiger partial charge in [-0.3, -0.25) is 9.10 Å². The van der Waals surface area contributed by atoms with Gasteiger partial charge in [-0.25, -0.2) is 12.8 Å². The molecule has 1 aromatic heterocycles. The fourth-order valence-electron chi connectivity index (χ4n) is 4.94. The van der Waals surface area contributed by atoms with Crippen molar-refractivity contribution in [3.05, 3.63) is 72.0 Å². The number of hydrogen-bond acceptors (Lipinski definition) is 6. The lowest BCUT2D eigenvalue weighted by molar-refractivity contribution is 0.00578. The van der Waals surface area contributed by atoms with E-state index in [1.54, 1.807) is 19.1 Å². The highest BCUT2D eigenvalue weighted by atomic mass is 32.2. The first-order valence-corrected chi connectivity index (χ1v) is 14.5. The molecule has 1 fully saturated rings. The standard InChI is InChI=1S/C30H32BFN2O6S/c1-7-34(41(36)37)24-17-25-23(26(28(35)33-6)27(38-25)18-11-13-21(32)14-12-18)16-22(24)19-9-8-10-20(15-19)31-39-29(2,3)30(4,5)40-31/h8-17,41H,7H2,1-6H3,(H,33,35). The molecule has 0 aliphatic carbocycles. The first-order chi connectivity index (χ1) is 19.4. The minimum Gasteiger partial charge on any atom is -0.455 e. The number of halogens is 1. The van der Waals surface area contributed by atoms with Gasteiger partial charge < -0.3 is 19.0 Å². The number of fused-ring (bicyclic) bond motifs is 1. The molecule has 1 amide bonds. The van der Waals surface area contributed by atoms with Crippen molar-refractivity contribution in [2.24, 2.45) is 0 Å². The Morgan fingerprint density at radius 1 is 0.976 bits per heavy atom. The number of hydrogen-bond donors (Lipinski definition) is 2. The van der Waals surface area contributed by atoms with E-state index in [-0.39, 0.29) is 17.9 Å². The number of furan rings is 1. The van der Waals surface area contributed by atoms with E-state index in [4.69, 9.17) is 13.7 Å². The van der Waals surface area contributed by atoms with E-state index in [1.165, 1.54) is 35.6 Å². The van der Waals surface area contributed by atoms with E-state index in [2.05, 4.69) is 5.32 Å². The van der Waals surface area contributed by atoms with Crippen LogP contribution in [0.3, 0.4) is 0 Å². The van der Waals surface area contributed by atoms with Crippen LogP contribution in [0.4, 0.5) is 10.1 Å². The second-order valence-electron chi connectivity index (χ2n) is 10.9. The first kappa shape index (κ1) is 28.8. The molecule has 0 radical (unpaired) electrons. The Hall–Kier alpha value is -3.67. The van der Waals surface area contributed by atoms with Crippen molar-refractivity contribution >= 4 is 46.0 Å². The third-order valence-electron chi connectivity index (χ3n) is 7.86. The topological polar surface area (TPSA) is 98.1 Å². The first-order valence-electron chi connectivity index (χ1n) is 13.3. The minimum atomic E-state index is -2.99. The van der Waals surface area contributed by atoms with Crippen LogP contribution in [-0.4, -0.2) is 46.2 Å². The summed E-state index contributed by atoms with van der Waals surface area (Å²) in [4.78, 5) is 13.1. The summed E-state index contributed by atoms with van der Waals surface area (Å²) in [5.41, 5.74) is 2.47. The molecule has 11 heteroatoms. The molecule has 0 saturated carbocycles. The zero-order valence-corrected chi connectivity index (χ0v) is 24.7. The SMILES string of the molecule is CCN(c1cc2oc(-c3ccc(F)cc3)c(C(=O)NC)c2cc1-c1cccc(B2OC(C)(C)C(C)(C)O2)c1)[SH](=O)=O. The lowest BCUT2D eigenvalue weighted by Crippen LogP contribution is -2.41. The van der Waals surface area contributed by atoms with Crippen LogP contribution in [0.25, 0.3) is 33.4 Å². The van der Waals surface area contributed by atoms with Crippen molar-refractivity contribution in [2.45, 2.75) is 45.8 Å². The van der Waals surface area contributed by atoms with Crippen molar-refractivity contribution in [3.8, 4) is 22.5 Å². The van der Waals surface area contributed by atoms with Crippen molar-refractivity contribution < 1.29 is 31.3 Å². The minimum absolute atomic E-state index is 0.182. The Labute approximate surface area is 240 Å².